The molecule has 0 bridgehead atoms. The molecule has 0 heterocycles. The van der Waals surface area contributed by atoms with Crippen molar-refractivity contribution in [2.75, 3.05) is 33.5 Å². The zero-order valence-electron chi connectivity index (χ0n) is 12.2. The highest BCUT2D eigenvalue weighted by Gasteiger charge is 2.17. The quantitative estimate of drug-likeness (QED) is 0.285. The van der Waals surface area contributed by atoms with Crippen molar-refractivity contribution in [3.8, 4) is 5.75 Å². The lowest BCUT2D eigenvalue weighted by molar-refractivity contribution is -0.385. The Hall–Kier alpha value is -1.99. The molecule has 0 saturated heterocycles. The van der Waals surface area contributed by atoms with Crippen LogP contribution in [0.1, 0.15) is 23.7 Å². The van der Waals surface area contributed by atoms with Gasteiger partial charge in [0.25, 0.3) is 5.69 Å². The molecule has 0 spiro atoms. The maximum atomic E-state index is 11.4. The number of ketones is 1. The second-order valence-corrected chi connectivity index (χ2v) is 4.30. The summed E-state index contributed by atoms with van der Waals surface area (Å²) in [7, 11) is 1.63. The normalized spacial score (nSPS) is 10.4. The van der Waals surface area contributed by atoms with E-state index in [1.54, 1.807) is 7.11 Å². The van der Waals surface area contributed by atoms with E-state index in [-0.39, 0.29) is 17.0 Å². The van der Waals surface area contributed by atoms with Gasteiger partial charge in [0.15, 0.2) is 5.78 Å². The summed E-state index contributed by atoms with van der Waals surface area (Å²) in [5.41, 5.74) is -0.177. The highest BCUT2D eigenvalue weighted by Crippen LogP contribution is 2.24. The lowest BCUT2D eigenvalue weighted by Gasteiger charge is -2.08. The molecule has 0 unspecified atom stereocenters. The molecule has 1 aromatic rings. The molecule has 0 N–H and O–H groups in total. The highest BCUT2D eigenvalue weighted by molar-refractivity contribution is 5.98. The first-order valence-electron chi connectivity index (χ1n) is 6.55. The molecule has 0 aliphatic rings. The number of rotatable bonds is 10. The second-order valence-electron chi connectivity index (χ2n) is 4.30. The fraction of sp³-hybridized carbons (Fsp3) is 0.500. The van der Waals surface area contributed by atoms with Crippen molar-refractivity contribution in [3.63, 3.8) is 0 Å². The number of carbonyl (C=O) groups is 1. The Morgan fingerprint density at radius 3 is 2.62 bits per heavy atom. The number of carbonyl (C=O) groups excluding carboxylic acids is 1. The van der Waals surface area contributed by atoms with Gasteiger partial charge in [0.1, 0.15) is 12.4 Å². The second kappa shape index (κ2) is 9.04. The predicted octanol–water partition coefficient (Wildman–Crippen LogP) is 2.23. The Morgan fingerprint density at radius 1 is 1.24 bits per heavy atom. The fourth-order valence-corrected chi connectivity index (χ4v) is 1.67. The third-order valence-corrected chi connectivity index (χ3v) is 2.68. The molecule has 7 nitrogen and oxygen atoms in total. The van der Waals surface area contributed by atoms with E-state index in [1.165, 1.54) is 25.1 Å². The van der Waals surface area contributed by atoms with Crippen LogP contribution in [0.25, 0.3) is 0 Å². The molecule has 0 fully saturated rings. The Kier molecular flexibility index (Phi) is 7.34. The summed E-state index contributed by atoms with van der Waals surface area (Å²) in [5, 5.41) is 10.8. The van der Waals surface area contributed by atoms with Gasteiger partial charge in [0.05, 0.1) is 17.1 Å². The highest BCUT2D eigenvalue weighted by atomic mass is 16.6. The largest absolute Gasteiger partial charge is 0.491 e. The molecular formula is C14H19NO6. The number of hydrogen-bond donors (Lipinski definition) is 0. The van der Waals surface area contributed by atoms with Gasteiger partial charge in [-0.1, -0.05) is 0 Å². The maximum Gasteiger partial charge on any atom is 0.280 e. The van der Waals surface area contributed by atoms with E-state index in [0.29, 0.717) is 32.2 Å². The summed E-state index contributed by atoms with van der Waals surface area (Å²) in [6, 6.07) is 4.12. The van der Waals surface area contributed by atoms with Gasteiger partial charge < -0.3 is 14.2 Å². The van der Waals surface area contributed by atoms with Crippen LogP contribution in [0.4, 0.5) is 5.69 Å². The minimum Gasteiger partial charge on any atom is -0.491 e. The monoisotopic (exact) mass is 297 g/mol. The summed E-state index contributed by atoms with van der Waals surface area (Å²) in [6.45, 7) is 3.21. The molecule has 116 valence electrons. The van der Waals surface area contributed by atoms with Gasteiger partial charge in [-0.05, 0) is 25.5 Å². The van der Waals surface area contributed by atoms with E-state index in [4.69, 9.17) is 14.2 Å². The Labute approximate surface area is 123 Å². The van der Waals surface area contributed by atoms with Crippen molar-refractivity contribution < 1.29 is 23.9 Å². The number of nitro groups is 1. The number of nitrogens with zero attached hydrogens (tertiary/aromatic N) is 1. The average molecular weight is 297 g/mol. The van der Waals surface area contributed by atoms with Crippen LogP contribution in [0.5, 0.6) is 5.75 Å². The SMILES string of the molecule is COCCCOCCOc1ccc([N+](=O)[O-])c(C(C)=O)c1. The molecule has 0 saturated carbocycles. The topological polar surface area (TPSA) is 87.9 Å². The summed E-state index contributed by atoms with van der Waals surface area (Å²) in [4.78, 5) is 21.6. The lowest BCUT2D eigenvalue weighted by Crippen LogP contribution is -2.09. The van der Waals surface area contributed by atoms with Gasteiger partial charge in [0, 0.05) is 26.4 Å². The van der Waals surface area contributed by atoms with Crippen molar-refractivity contribution in [2.24, 2.45) is 0 Å². The van der Waals surface area contributed by atoms with E-state index in [9.17, 15) is 14.9 Å². The molecular weight excluding hydrogens is 278 g/mol. The Bertz CT molecular complexity index is 488. The third-order valence-electron chi connectivity index (χ3n) is 2.68. The third kappa shape index (κ3) is 5.88. The zero-order valence-corrected chi connectivity index (χ0v) is 12.2. The van der Waals surface area contributed by atoms with Gasteiger partial charge in [-0.15, -0.1) is 0 Å². The molecule has 21 heavy (non-hydrogen) atoms. The van der Waals surface area contributed by atoms with Crippen molar-refractivity contribution >= 4 is 11.5 Å². The molecule has 0 radical (unpaired) electrons. The van der Waals surface area contributed by atoms with Crippen LogP contribution >= 0.6 is 0 Å². The number of benzene rings is 1. The standard InChI is InChI=1S/C14H19NO6/c1-11(16)13-10-12(4-5-14(13)15(17)18)21-9-8-20-7-3-6-19-2/h4-5,10H,3,6-9H2,1-2H3. The lowest BCUT2D eigenvalue weighted by atomic mass is 10.1. The van der Waals surface area contributed by atoms with Crippen LogP contribution in [0, 0.1) is 10.1 Å². The number of Topliss-reactive ketones (excluding diaryl/α,β-unsaturated/α-hetero) is 1. The van der Waals surface area contributed by atoms with E-state index >= 15 is 0 Å². The van der Waals surface area contributed by atoms with Crippen LogP contribution in [0.15, 0.2) is 18.2 Å². The van der Waals surface area contributed by atoms with Crippen molar-refractivity contribution in [2.45, 2.75) is 13.3 Å². The number of methoxy groups -OCH3 is 1. The zero-order chi connectivity index (χ0) is 15.7. The molecule has 0 amide bonds. The van der Waals surface area contributed by atoms with Crippen LogP contribution in [0.3, 0.4) is 0 Å². The fourth-order valence-electron chi connectivity index (χ4n) is 1.67. The minimum absolute atomic E-state index is 0.0403. The summed E-state index contributed by atoms with van der Waals surface area (Å²) in [6.07, 6.45) is 0.808. The molecule has 0 atom stereocenters. The molecule has 1 aromatic carbocycles. The first-order valence-corrected chi connectivity index (χ1v) is 6.55. The molecule has 0 aliphatic carbocycles. The summed E-state index contributed by atoms with van der Waals surface area (Å²) >= 11 is 0. The van der Waals surface area contributed by atoms with E-state index < -0.39 is 4.92 Å². The van der Waals surface area contributed by atoms with Gasteiger partial charge in [-0.25, -0.2) is 0 Å². The Balaban J connectivity index is 2.47. The van der Waals surface area contributed by atoms with Gasteiger partial charge >= 0.3 is 0 Å². The van der Waals surface area contributed by atoms with E-state index in [1.807, 2.05) is 0 Å². The predicted molar refractivity (Wildman–Crippen MR) is 75.9 cm³/mol. The van der Waals surface area contributed by atoms with E-state index in [2.05, 4.69) is 0 Å². The first-order chi connectivity index (χ1) is 10.1. The van der Waals surface area contributed by atoms with Gasteiger partial charge in [0.2, 0.25) is 0 Å². The van der Waals surface area contributed by atoms with Crippen LogP contribution < -0.4 is 4.74 Å². The number of hydrogen-bond acceptors (Lipinski definition) is 6. The molecule has 0 aromatic heterocycles. The van der Waals surface area contributed by atoms with Crippen molar-refractivity contribution in [3.05, 3.63) is 33.9 Å². The number of ether oxygens (including phenoxy) is 3. The Morgan fingerprint density at radius 2 is 2.00 bits per heavy atom. The minimum atomic E-state index is -0.584. The van der Waals surface area contributed by atoms with Gasteiger partial charge in [-0.2, -0.15) is 0 Å². The summed E-state index contributed by atoms with van der Waals surface area (Å²) in [5.74, 6) is 0.0363. The van der Waals surface area contributed by atoms with E-state index in [0.717, 1.165) is 6.42 Å². The van der Waals surface area contributed by atoms with Crippen molar-refractivity contribution in [1.29, 1.82) is 0 Å². The van der Waals surface area contributed by atoms with Crippen molar-refractivity contribution in [1.82, 2.24) is 0 Å². The smallest absolute Gasteiger partial charge is 0.280 e. The molecule has 1 rings (SSSR count). The summed E-state index contributed by atoms with van der Waals surface area (Å²) < 4.78 is 15.6. The molecule has 7 heteroatoms. The van der Waals surface area contributed by atoms with Crippen LogP contribution in [0.2, 0.25) is 0 Å². The first kappa shape index (κ1) is 17.1. The average Bonchev–Trinajstić information content (AvgIpc) is 2.46. The van der Waals surface area contributed by atoms with Crippen LogP contribution in [-0.4, -0.2) is 44.2 Å². The van der Waals surface area contributed by atoms with Gasteiger partial charge in [-0.3, -0.25) is 14.9 Å². The van der Waals surface area contributed by atoms with Crippen LogP contribution in [-0.2, 0) is 9.47 Å². The maximum absolute atomic E-state index is 11.4. The number of nitro benzene ring substituents is 1. The molecule has 0 aliphatic heterocycles.